The van der Waals surface area contributed by atoms with E-state index >= 15 is 0 Å². The Labute approximate surface area is 312 Å². The predicted molar refractivity (Wildman–Crippen MR) is 205 cm³/mol. The molecule has 2 unspecified atom stereocenters. The van der Waals surface area contributed by atoms with Crippen molar-refractivity contribution in [1.82, 2.24) is 15.2 Å². The van der Waals surface area contributed by atoms with Gasteiger partial charge in [-0.1, -0.05) is 62.2 Å². The number of nitrogens with zero attached hydrogens (tertiary/aromatic N) is 2. The molecular weight excluding hydrogens is 678 g/mol. The van der Waals surface area contributed by atoms with E-state index in [1.54, 1.807) is 18.3 Å². The maximum absolute atomic E-state index is 11.6. The van der Waals surface area contributed by atoms with Crippen molar-refractivity contribution in [3.8, 4) is 28.4 Å². The summed E-state index contributed by atoms with van der Waals surface area (Å²) in [7, 11) is 0. The summed E-state index contributed by atoms with van der Waals surface area (Å²) in [4.78, 5) is 18.5. The third kappa shape index (κ3) is 10.9. The summed E-state index contributed by atoms with van der Waals surface area (Å²) < 4.78 is 18.8. The Morgan fingerprint density at radius 3 is 2.54 bits per heavy atom. The number of aliphatic hydroxyl groups excluding tert-OH is 1. The minimum atomic E-state index is -1.15. The maximum Gasteiger partial charge on any atom is 0.323 e. The summed E-state index contributed by atoms with van der Waals surface area (Å²) >= 11 is 6.75. The van der Waals surface area contributed by atoms with Crippen LogP contribution in [0.2, 0.25) is 5.02 Å². The summed E-state index contributed by atoms with van der Waals surface area (Å²) in [5, 5.41) is 22.2. The number of pyridine rings is 1. The largest absolute Gasteiger partial charge is 0.494 e. The molecule has 278 valence electrons. The van der Waals surface area contributed by atoms with E-state index in [0.29, 0.717) is 34.6 Å². The molecule has 0 aliphatic carbocycles. The van der Waals surface area contributed by atoms with Crippen LogP contribution in [0.5, 0.6) is 17.2 Å². The zero-order chi connectivity index (χ0) is 36.9. The Bertz CT molecular complexity index is 1760. The second kappa shape index (κ2) is 19.6. The molecule has 4 aromatic rings. The summed E-state index contributed by atoms with van der Waals surface area (Å²) in [6, 6.07) is 18.8. The van der Waals surface area contributed by atoms with Crippen molar-refractivity contribution in [2.45, 2.75) is 84.6 Å². The number of benzene rings is 3. The van der Waals surface area contributed by atoms with Crippen molar-refractivity contribution >= 4 is 17.6 Å². The lowest BCUT2D eigenvalue weighted by molar-refractivity contribution is -0.140. The van der Waals surface area contributed by atoms with Crippen LogP contribution in [0.1, 0.15) is 79.7 Å². The van der Waals surface area contributed by atoms with E-state index in [0.717, 1.165) is 64.9 Å². The highest BCUT2D eigenvalue weighted by Crippen LogP contribution is 2.35. The number of aliphatic carboxylic acids is 1. The number of ether oxygens (including phenoxy) is 3. The topological polar surface area (TPSA) is 113 Å². The number of aliphatic hydroxyl groups is 1. The van der Waals surface area contributed by atoms with E-state index in [1.807, 2.05) is 30.5 Å². The number of hydrogen-bond donors (Lipinski definition) is 3. The molecule has 0 spiro atoms. The molecule has 1 saturated heterocycles. The highest BCUT2D eigenvalue weighted by atomic mass is 35.5. The fraction of sp³-hybridized carbons (Fsp3) is 0.429. The lowest BCUT2D eigenvalue weighted by Gasteiger charge is -2.19. The van der Waals surface area contributed by atoms with Crippen molar-refractivity contribution in [2.24, 2.45) is 0 Å². The molecule has 10 heteroatoms. The van der Waals surface area contributed by atoms with E-state index in [1.165, 1.54) is 25.9 Å². The fourth-order valence-electron chi connectivity index (χ4n) is 6.58. The average Bonchev–Trinajstić information content (AvgIpc) is 3.67. The van der Waals surface area contributed by atoms with Crippen molar-refractivity contribution in [1.29, 1.82) is 0 Å². The van der Waals surface area contributed by atoms with E-state index in [9.17, 15) is 15.0 Å². The van der Waals surface area contributed by atoms with Crippen LogP contribution in [0.25, 0.3) is 11.1 Å². The van der Waals surface area contributed by atoms with E-state index in [2.05, 4.69) is 60.2 Å². The first-order valence-electron chi connectivity index (χ1n) is 18.4. The summed E-state index contributed by atoms with van der Waals surface area (Å²) in [5.41, 5.74) is 6.98. The lowest BCUT2D eigenvalue weighted by atomic mass is 9.96. The normalized spacial score (nSPS) is 14.2. The van der Waals surface area contributed by atoms with Gasteiger partial charge in [0.1, 0.15) is 36.5 Å². The zero-order valence-corrected chi connectivity index (χ0v) is 31.3. The third-order valence-corrected chi connectivity index (χ3v) is 9.99. The van der Waals surface area contributed by atoms with Crippen LogP contribution in [0.3, 0.4) is 0 Å². The molecule has 2 heterocycles. The Morgan fingerprint density at radius 2 is 1.77 bits per heavy atom. The monoisotopic (exact) mass is 729 g/mol. The molecule has 52 heavy (non-hydrogen) atoms. The van der Waals surface area contributed by atoms with Gasteiger partial charge in [0.25, 0.3) is 0 Å². The first-order chi connectivity index (χ1) is 25.2. The van der Waals surface area contributed by atoms with Crippen molar-refractivity contribution < 1.29 is 29.2 Å². The first-order valence-corrected chi connectivity index (χ1v) is 18.8. The fourth-order valence-corrected chi connectivity index (χ4v) is 6.83. The highest BCUT2D eigenvalue weighted by molar-refractivity contribution is 6.32. The van der Waals surface area contributed by atoms with Crippen LogP contribution in [-0.2, 0) is 24.6 Å². The third-order valence-electron chi connectivity index (χ3n) is 9.70. The second-order valence-corrected chi connectivity index (χ2v) is 14.0. The predicted octanol–water partition coefficient (Wildman–Crippen LogP) is 8.17. The van der Waals surface area contributed by atoms with E-state index in [4.69, 9.17) is 25.8 Å². The molecule has 0 radical (unpaired) electrons. The van der Waals surface area contributed by atoms with Gasteiger partial charge in [-0.15, -0.1) is 0 Å². The Kier molecular flexibility index (Phi) is 14.7. The summed E-state index contributed by atoms with van der Waals surface area (Å²) in [6.45, 7) is 10.7. The standard InChI is InChI=1S/C42H52ClN3O6/c1-4-10-29(2)34-19-31(23-44-24-34)27-51-40-22-41(38(43)21-35(40)25-45-39(26-47)42(48)49)52-28-33-12-8-14-37(30(33)3)32-11-7-13-36(20-32)50-18-9-17-46-15-5-6-16-46/h7-8,11-14,19-24,29,39,45,47H,4-6,9-10,15-18,25-28H2,1-3H3,(H,48,49). The molecule has 9 nitrogen and oxygen atoms in total. The number of likely N-dealkylation sites (tertiary alicyclic amines) is 1. The summed E-state index contributed by atoms with van der Waals surface area (Å²) in [6.07, 6.45) is 9.44. The van der Waals surface area contributed by atoms with Crippen LogP contribution < -0.4 is 19.5 Å². The van der Waals surface area contributed by atoms with Crippen LogP contribution in [-0.4, -0.2) is 65.0 Å². The number of carboxylic acid groups (broad SMARTS) is 1. The number of nitrogens with one attached hydrogen (secondary N) is 1. The lowest BCUT2D eigenvalue weighted by Crippen LogP contribution is -2.39. The second-order valence-electron chi connectivity index (χ2n) is 13.6. The minimum Gasteiger partial charge on any atom is -0.494 e. The zero-order valence-electron chi connectivity index (χ0n) is 30.6. The molecule has 1 fully saturated rings. The number of rotatable bonds is 20. The van der Waals surface area contributed by atoms with E-state index < -0.39 is 18.6 Å². The molecule has 1 aliphatic heterocycles. The number of aromatic nitrogens is 1. The van der Waals surface area contributed by atoms with Gasteiger partial charge in [0.15, 0.2) is 0 Å². The van der Waals surface area contributed by atoms with Gasteiger partial charge in [0.05, 0.1) is 18.2 Å². The molecule has 0 saturated carbocycles. The van der Waals surface area contributed by atoms with Crippen molar-refractivity contribution in [2.75, 3.05) is 32.8 Å². The molecule has 0 amide bonds. The molecule has 0 bridgehead atoms. The van der Waals surface area contributed by atoms with Gasteiger partial charge in [-0.2, -0.15) is 0 Å². The van der Waals surface area contributed by atoms with Crippen LogP contribution in [0.15, 0.2) is 73.1 Å². The highest BCUT2D eigenvalue weighted by Gasteiger charge is 2.19. The van der Waals surface area contributed by atoms with Crippen molar-refractivity contribution in [3.05, 3.63) is 106 Å². The van der Waals surface area contributed by atoms with Gasteiger partial charge >= 0.3 is 5.97 Å². The van der Waals surface area contributed by atoms with E-state index in [-0.39, 0.29) is 19.8 Å². The van der Waals surface area contributed by atoms with Gasteiger partial charge in [-0.25, -0.2) is 0 Å². The maximum atomic E-state index is 11.6. The number of carbonyl (C=O) groups is 1. The molecule has 3 N–H and O–H groups in total. The molecule has 5 rings (SSSR count). The van der Waals surface area contributed by atoms with Crippen LogP contribution in [0, 0.1) is 6.92 Å². The number of carboxylic acids is 1. The smallest absolute Gasteiger partial charge is 0.323 e. The van der Waals surface area contributed by atoms with Crippen LogP contribution in [0.4, 0.5) is 0 Å². The number of hydrogen-bond acceptors (Lipinski definition) is 8. The molecule has 3 aromatic carbocycles. The average molecular weight is 730 g/mol. The SMILES string of the molecule is CCCC(C)c1cncc(COc2cc(OCc3cccc(-c4cccc(OCCCN5CCCC5)c4)c3C)c(Cl)cc2CNC(CO)C(=O)O)c1. The van der Waals surface area contributed by atoms with Crippen LogP contribution >= 0.6 is 11.6 Å². The molecular formula is C42H52ClN3O6. The summed E-state index contributed by atoms with van der Waals surface area (Å²) in [5.74, 6) is 1.02. The van der Waals surface area contributed by atoms with Gasteiger partial charge < -0.3 is 29.3 Å². The first kappa shape index (κ1) is 39.1. The van der Waals surface area contributed by atoms with Gasteiger partial charge in [0, 0.05) is 42.7 Å². The van der Waals surface area contributed by atoms with Crippen molar-refractivity contribution in [3.63, 3.8) is 0 Å². The molecule has 2 atom stereocenters. The minimum absolute atomic E-state index is 0.112. The quantitative estimate of drug-likeness (QED) is 0.0776. The van der Waals surface area contributed by atoms with Gasteiger partial charge in [-0.05, 0) is 104 Å². The van der Waals surface area contributed by atoms with Gasteiger partial charge in [-0.3, -0.25) is 15.1 Å². The molecule has 1 aliphatic rings. The Morgan fingerprint density at radius 1 is 0.981 bits per heavy atom. The number of halogens is 1. The Hall–Kier alpha value is -4.15. The van der Waals surface area contributed by atoms with Gasteiger partial charge in [0.2, 0.25) is 0 Å². The molecule has 1 aromatic heterocycles. The Balaban J connectivity index is 1.30.